The second-order valence-corrected chi connectivity index (χ2v) is 7.78. The fraction of sp³-hybridized carbons (Fsp3) is 0.300. The molecule has 1 N–H and O–H groups in total. The van der Waals surface area contributed by atoms with Crippen LogP contribution in [0.1, 0.15) is 24.8 Å². The number of para-hydroxylation sites is 1. The molecule has 0 bridgehead atoms. The van der Waals surface area contributed by atoms with E-state index in [2.05, 4.69) is 5.32 Å². The van der Waals surface area contributed by atoms with Crippen molar-refractivity contribution in [1.29, 1.82) is 0 Å². The smallest absolute Gasteiger partial charge is 0.238 e. The van der Waals surface area contributed by atoms with Crippen LogP contribution < -0.4 is 5.32 Å². The van der Waals surface area contributed by atoms with E-state index in [1.807, 2.05) is 59.5 Å². The molecule has 128 valence electrons. The first-order valence-electron chi connectivity index (χ1n) is 8.60. The molecule has 1 aliphatic carbocycles. The Labute approximate surface area is 151 Å². The lowest BCUT2D eigenvalue weighted by Gasteiger charge is -2.27. The number of rotatable bonds is 5. The van der Waals surface area contributed by atoms with Crippen molar-refractivity contribution >= 4 is 29.3 Å². The molecule has 2 aliphatic rings. The van der Waals surface area contributed by atoms with Crippen molar-refractivity contribution in [2.24, 2.45) is 0 Å². The van der Waals surface area contributed by atoms with Gasteiger partial charge in [0.15, 0.2) is 0 Å². The quantitative estimate of drug-likeness (QED) is 0.893. The third kappa shape index (κ3) is 3.71. The highest BCUT2D eigenvalue weighted by atomic mass is 32.2. The van der Waals surface area contributed by atoms with E-state index in [-0.39, 0.29) is 23.5 Å². The molecule has 2 aromatic rings. The average Bonchev–Trinajstić information content (AvgIpc) is 3.46. The molecule has 4 nitrogen and oxygen atoms in total. The highest BCUT2D eigenvalue weighted by Crippen LogP contribution is 2.37. The Balaban J connectivity index is 1.46. The van der Waals surface area contributed by atoms with Gasteiger partial charge in [-0.1, -0.05) is 42.5 Å². The molecule has 4 rings (SSSR count). The molecule has 5 heteroatoms. The van der Waals surface area contributed by atoms with Crippen LogP contribution in [0.4, 0.5) is 5.69 Å². The number of thioether (sulfide) groups is 1. The number of benzene rings is 2. The zero-order valence-corrected chi connectivity index (χ0v) is 14.7. The molecule has 0 spiro atoms. The standard InChI is InChI=1S/C20H20N2O2S/c23-19(22(15-10-11-15)13-14-6-2-1-3-7-14)12-18-20(24)21-16-8-4-5-9-17(16)25-18/h1-9,15,18H,10-13H2,(H,21,24). The fourth-order valence-corrected chi connectivity index (χ4v) is 4.19. The molecule has 0 aromatic heterocycles. The Hall–Kier alpha value is -2.27. The lowest BCUT2D eigenvalue weighted by molar-refractivity contribution is -0.133. The Morgan fingerprint density at radius 2 is 1.80 bits per heavy atom. The van der Waals surface area contributed by atoms with Crippen molar-refractivity contribution in [3.8, 4) is 0 Å². The van der Waals surface area contributed by atoms with Crippen molar-refractivity contribution in [2.45, 2.75) is 42.0 Å². The van der Waals surface area contributed by atoms with Gasteiger partial charge in [-0.25, -0.2) is 0 Å². The van der Waals surface area contributed by atoms with Gasteiger partial charge in [0.1, 0.15) is 0 Å². The van der Waals surface area contributed by atoms with Crippen LogP contribution in [0, 0.1) is 0 Å². The van der Waals surface area contributed by atoms with E-state index in [1.165, 1.54) is 11.8 Å². The Morgan fingerprint density at radius 3 is 2.56 bits per heavy atom. The molecule has 2 amide bonds. The summed E-state index contributed by atoms with van der Waals surface area (Å²) in [5, 5.41) is 2.56. The third-order valence-electron chi connectivity index (χ3n) is 4.57. The molecule has 0 radical (unpaired) electrons. The van der Waals surface area contributed by atoms with Crippen LogP contribution in [-0.2, 0) is 16.1 Å². The Kier molecular flexibility index (Phi) is 4.49. The fourth-order valence-electron chi connectivity index (χ4n) is 3.09. The van der Waals surface area contributed by atoms with Crippen molar-refractivity contribution in [3.63, 3.8) is 0 Å². The number of carbonyl (C=O) groups is 2. The summed E-state index contributed by atoms with van der Waals surface area (Å²) in [5.41, 5.74) is 1.97. The van der Waals surface area contributed by atoms with Gasteiger partial charge in [-0.05, 0) is 30.5 Å². The number of anilines is 1. The summed E-state index contributed by atoms with van der Waals surface area (Å²) >= 11 is 1.49. The van der Waals surface area contributed by atoms with Crippen LogP contribution in [0.25, 0.3) is 0 Å². The van der Waals surface area contributed by atoms with Crippen molar-refractivity contribution in [3.05, 3.63) is 60.2 Å². The minimum absolute atomic E-state index is 0.0679. The first-order valence-corrected chi connectivity index (χ1v) is 9.48. The molecule has 1 heterocycles. The molecule has 1 fully saturated rings. The SMILES string of the molecule is O=C1Nc2ccccc2SC1CC(=O)N(Cc1ccccc1)C1CC1. The van der Waals surface area contributed by atoms with Gasteiger partial charge in [0, 0.05) is 23.9 Å². The number of carbonyl (C=O) groups excluding carboxylic acids is 2. The summed E-state index contributed by atoms with van der Waals surface area (Å²) in [5.74, 6) is -0.00843. The molecule has 25 heavy (non-hydrogen) atoms. The highest BCUT2D eigenvalue weighted by Gasteiger charge is 2.36. The number of hydrogen-bond donors (Lipinski definition) is 1. The lowest BCUT2D eigenvalue weighted by Crippen LogP contribution is -2.38. The summed E-state index contributed by atoms with van der Waals surface area (Å²) < 4.78 is 0. The van der Waals surface area contributed by atoms with Gasteiger partial charge in [-0.2, -0.15) is 0 Å². The van der Waals surface area contributed by atoms with E-state index in [0.717, 1.165) is 29.0 Å². The maximum Gasteiger partial charge on any atom is 0.238 e. The molecule has 1 saturated carbocycles. The van der Waals surface area contributed by atoms with E-state index in [1.54, 1.807) is 0 Å². The summed E-state index contributed by atoms with van der Waals surface area (Å²) in [4.78, 5) is 28.2. The number of nitrogens with zero attached hydrogens (tertiary/aromatic N) is 1. The van der Waals surface area contributed by atoms with Crippen LogP contribution in [0.2, 0.25) is 0 Å². The predicted molar refractivity (Wildman–Crippen MR) is 99.3 cm³/mol. The van der Waals surface area contributed by atoms with Crippen molar-refractivity contribution in [1.82, 2.24) is 4.90 Å². The minimum atomic E-state index is -0.362. The van der Waals surface area contributed by atoms with Gasteiger partial charge < -0.3 is 10.2 Å². The van der Waals surface area contributed by atoms with E-state index in [4.69, 9.17) is 0 Å². The maximum atomic E-state index is 12.9. The maximum absolute atomic E-state index is 12.9. The zero-order valence-electron chi connectivity index (χ0n) is 13.9. The van der Waals surface area contributed by atoms with Crippen LogP contribution in [0.15, 0.2) is 59.5 Å². The zero-order chi connectivity index (χ0) is 17.2. The molecule has 1 atom stereocenters. The normalized spacial score (nSPS) is 19.0. The molecule has 0 saturated heterocycles. The molecule has 2 aromatic carbocycles. The third-order valence-corrected chi connectivity index (χ3v) is 5.85. The number of nitrogens with one attached hydrogen (secondary N) is 1. The van der Waals surface area contributed by atoms with E-state index >= 15 is 0 Å². The Bertz CT molecular complexity index is 789. The highest BCUT2D eigenvalue weighted by molar-refractivity contribution is 8.01. The monoisotopic (exact) mass is 352 g/mol. The average molecular weight is 352 g/mol. The second-order valence-electron chi connectivity index (χ2n) is 6.53. The van der Waals surface area contributed by atoms with Crippen LogP contribution in [0.5, 0.6) is 0 Å². The van der Waals surface area contributed by atoms with Crippen LogP contribution in [0.3, 0.4) is 0 Å². The molecular formula is C20H20N2O2S. The van der Waals surface area contributed by atoms with Gasteiger partial charge in [-0.3, -0.25) is 9.59 Å². The van der Waals surface area contributed by atoms with Crippen molar-refractivity contribution < 1.29 is 9.59 Å². The van der Waals surface area contributed by atoms with Crippen LogP contribution in [-0.4, -0.2) is 28.0 Å². The molecular weight excluding hydrogens is 332 g/mol. The van der Waals surface area contributed by atoms with Crippen molar-refractivity contribution in [2.75, 3.05) is 5.32 Å². The first kappa shape index (κ1) is 16.2. The molecule has 1 unspecified atom stereocenters. The Morgan fingerprint density at radius 1 is 1.08 bits per heavy atom. The van der Waals surface area contributed by atoms with E-state index in [0.29, 0.717) is 12.6 Å². The second kappa shape index (κ2) is 6.92. The van der Waals surface area contributed by atoms with Gasteiger partial charge in [0.25, 0.3) is 0 Å². The topological polar surface area (TPSA) is 49.4 Å². The predicted octanol–water partition coefficient (Wildman–Crippen LogP) is 3.68. The van der Waals surface area contributed by atoms with Crippen LogP contribution >= 0.6 is 11.8 Å². The van der Waals surface area contributed by atoms with Gasteiger partial charge in [0.05, 0.1) is 10.9 Å². The molecule has 1 aliphatic heterocycles. The number of fused-ring (bicyclic) bond motifs is 1. The minimum Gasteiger partial charge on any atom is -0.335 e. The number of hydrogen-bond acceptors (Lipinski definition) is 3. The lowest BCUT2D eigenvalue weighted by atomic mass is 10.2. The summed E-state index contributed by atoms with van der Waals surface area (Å²) in [6.07, 6.45) is 2.37. The summed E-state index contributed by atoms with van der Waals surface area (Å²) in [7, 11) is 0. The summed E-state index contributed by atoms with van der Waals surface area (Å²) in [6.45, 7) is 0.625. The van der Waals surface area contributed by atoms with Gasteiger partial charge in [-0.15, -0.1) is 11.8 Å². The van der Waals surface area contributed by atoms with Gasteiger partial charge in [0.2, 0.25) is 11.8 Å². The first-order chi connectivity index (χ1) is 12.2. The van der Waals surface area contributed by atoms with Gasteiger partial charge >= 0.3 is 0 Å². The van der Waals surface area contributed by atoms with E-state index in [9.17, 15) is 9.59 Å². The largest absolute Gasteiger partial charge is 0.335 e. The number of amides is 2. The van der Waals surface area contributed by atoms with E-state index < -0.39 is 0 Å². The summed E-state index contributed by atoms with van der Waals surface area (Å²) in [6, 6.07) is 18.1.